The van der Waals surface area contributed by atoms with Crippen LogP contribution in [-0.2, 0) is 4.74 Å². The number of hydrogen-bond donors (Lipinski definition) is 0. The molecular formula is C14H17IN2O. The molecule has 2 rings (SSSR count). The molecule has 1 unspecified atom stereocenters. The lowest BCUT2D eigenvalue weighted by Crippen LogP contribution is -2.08. The molecule has 18 heavy (non-hydrogen) atoms. The predicted molar refractivity (Wildman–Crippen MR) is 81.6 cm³/mol. The van der Waals surface area contributed by atoms with Crippen LogP contribution in [0.1, 0.15) is 19.4 Å². The van der Waals surface area contributed by atoms with Crippen molar-refractivity contribution in [1.82, 2.24) is 9.55 Å². The molecule has 0 aliphatic heterocycles. The molecule has 0 spiro atoms. The third-order valence-electron chi connectivity index (χ3n) is 2.97. The van der Waals surface area contributed by atoms with Gasteiger partial charge < -0.3 is 9.30 Å². The lowest BCUT2D eigenvalue weighted by atomic mass is 10.2. The summed E-state index contributed by atoms with van der Waals surface area (Å²) in [6, 6.07) is 8.80. The number of rotatable bonds is 5. The van der Waals surface area contributed by atoms with Crippen LogP contribution in [0.4, 0.5) is 0 Å². The molecule has 96 valence electrons. The maximum absolute atomic E-state index is 5.14. The Kier molecular flexibility index (Phi) is 4.77. The second kappa shape index (κ2) is 6.33. The molecule has 1 heterocycles. The minimum Gasteiger partial charge on any atom is -0.385 e. The number of aromatic nitrogens is 2. The largest absolute Gasteiger partial charge is 0.385 e. The first kappa shape index (κ1) is 13.5. The highest BCUT2D eigenvalue weighted by atomic mass is 127. The van der Waals surface area contributed by atoms with E-state index in [1.807, 2.05) is 12.4 Å². The summed E-state index contributed by atoms with van der Waals surface area (Å²) in [7, 11) is 1.74. The highest BCUT2D eigenvalue weighted by Gasteiger charge is 2.11. The van der Waals surface area contributed by atoms with Crippen LogP contribution in [-0.4, -0.2) is 23.3 Å². The molecule has 1 aromatic carbocycles. The number of halogens is 1. The normalized spacial score (nSPS) is 12.6. The minimum atomic E-state index is 0.389. The van der Waals surface area contributed by atoms with Crippen molar-refractivity contribution in [1.29, 1.82) is 0 Å². The van der Waals surface area contributed by atoms with E-state index in [1.165, 1.54) is 3.57 Å². The Morgan fingerprint density at radius 2 is 2.28 bits per heavy atom. The van der Waals surface area contributed by atoms with Crippen molar-refractivity contribution in [3.63, 3.8) is 0 Å². The number of nitrogens with zero attached hydrogens (tertiary/aromatic N) is 2. The van der Waals surface area contributed by atoms with E-state index in [0.717, 1.165) is 24.4 Å². The number of hydrogen-bond acceptors (Lipinski definition) is 2. The van der Waals surface area contributed by atoms with Gasteiger partial charge in [-0.3, -0.25) is 0 Å². The molecule has 4 heteroatoms. The van der Waals surface area contributed by atoms with E-state index in [-0.39, 0.29) is 0 Å². The Labute approximate surface area is 121 Å². The highest BCUT2D eigenvalue weighted by molar-refractivity contribution is 14.1. The maximum Gasteiger partial charge on any atom is 0.140 e. The van der Waals surface area contributed by atoms with Gasteiger partial charge in [-0.25, -0.2) is 4.98 Å². The Morgan fingerprint density at radius 3 is 3.00 bits per heavy atom. The van der Waals surface area contributed by atoms with E-state index in [1.54, 1.807) is 7.11 Å². The fourth-order valence-electron chi connectivity index (χ4n) is 1.95. The van der Waals surface area contributed by atoms with Gasteiger partial charge >= 0.3 is 0 Å². The van der Waals surface area contributed by atoms with Crippen molar-refractivity contribution >= 4 is 22.6 Å². The van der Waals surface area contributed by atoms with Crippen LogP contribution in [0.2, 0.25) is 0 Å². The lowest BCUT2D eigenvalue weighted by Gasteiger charge is -2.16. The van der Waals surface area contributed by atoms with Gasteiger partial charge in [0, 0.05) is 41.3 Å². The summed E-state index contributed by atoms with van der Waals surface area (Å²) in [6.45, 7) is 2.96. The van der Waals surface area contributed by atoms with Crippen molar-refractivity contribution in [2.45, 2.75) is 19.4 Å². The summed E-state index contributed by atoms with van der Waals surface area (Å²) in [5.41, 5.74) is 1.16. The van der Waals surface area contributed by atoms with E-state index in [9.17, 15) is 0 Å². The van der Waals surface area contributed by atoms with E-state index in [0.29, 0.717) is 6.04 Å². The molecule has 1 aromatic heterocycles. The fraction of sp³-hybridized carbons (Fsp3) is 0.357. The molecule has 3 nitrogen and oxygen atoms in total. The van der Waals surface area contributed by atoms with Crippen LogP contribution in [0.15, 0.2) is 36.7 Å². The number of methoxy groups -OCH3 is 1. The van der Waals surface area contributed by atoms with Crippen molar-refractivity contribution < 1.29 is 4.74 Å². The van der Waals surface area contributed by atoms with Gasteiger partial charge in [-0.15, -0.1) is 0 Å². The second-order valence-electron chi connectivity index (χ2n) is 4.30. The van der Waals surface area contributed by atoms with E-state index in [4.69, 9.17) is 4.74 Å². The average molecular weight is 356 g/mol. The Hall–Kier alpha value is -0.880. The second-order valence-corrected chi connectivity index (χ2v) is 5.54. The third kappa shape index (κ3) is 3.11. The van der Waals surface area contributed by atoms with Crippen molar-refractivity contribution in [2.24, 2.45) is 0 Å². The first-order valence-electron chi connectivity index (χ1n) is 6.00. The number of benzene rings is 1. The molecule has 0 fully saturated rings. The third-order valence-corrected chi connectivity index (χ3v) is 3.64. The smallest absolute Gasteiger partial charge is 0.140 e. The molecule has 2 aromatic rings. The topological polar surface area (TPSA) is 27.1 Å². The number of imidazole rings is 1. The number of ether oxygens (including phenoxy) is 1. The molecular weight excluding hydrogens is 339 g/mol. The van der Waals surface area contributed by atoms with Crippen LogP contribution in [0, 0.1) is 3.57 Å². The van der Waals surface area contributed by atoms with Crippen LogP contribution >= 0.6 is 22.6 Å². The molecule has 0 bridgehead atoms. The monoisotopic (exact) mass is 356 g/mol. The SMILES string of the molecule is COCCC(C)n1ccnc1-c1cccc(I)c1. The molecule has 0 amide bonds. The lowest BCUT2D eigenvalue weighted by molar-refractivity contribution is 0.181. The Balaban J connectivity index is 2.27. The molecule has 1 atom stereocenters. The van der Waals surface area contributed by atoms with Gasteiger partial charge in [-0.1, -0.05) is 12.1 Å². The van der Waals surface area contributed by atoms with Crippen LogP contribution in [0.3, 0.4) is 0 Å². The molecule has 0 saturated carbocycles. The van der Waals surface area contributed by atoms with Gasteiger partial charge in [0.2, 0.25) is 0 Å². The van der Waals surface area contributed by atoms with E-state index in [2.05, 4.69) is 63.3 Å². The summed E-state index contributed by atoms with van der Waals surface area (Å²) >= 11 is 2.33. The average Bonchev–Trinajstić information content (AvgIpc) is 2.85. The zero-order valence-corrected chi connectivity index (χ0v) is 12.8. The first-order valence-corrected chi connectivity index (χ1v) is 7.08. The first-order chi connectivity index (χ1) is 8.72. The fourth-order valence-corrected chi connectivity index (χ4v) is 2.49. The van der Waals surface area contributed by atoms with Crippen molar-refractivity contribution in [3.05, 3.63) is 40.2 Å². The molecule has 0 radical (unpaired) electrons. The van der Waals surface area contributed by atoms with Gasteiger partial charge in [0.25, 0.3) is 0 Å². The van der Waals surface area contributed by atoms with Gasteiger partial charge in [0.1, 0.15) is 5.82 Å². The van der Waals surface area contributed by atoms with Gasteiger partial charge in [0.05, 0.1) is 0 Å². The summed E-state index contributed by atoms with van der Waals surface area (Å²) in [4.78, 5) is 4.48. The standard InChI is InChI=1S/C14H17IN2O/c1-11(6-9-18-2)17-8-7-16-14(17)12-4-3-5-13(15)10-12/h3-5,7-8,10-11H,6,9H2,1-2H3. The molecule has 0 aliphatic carbocycles. The predicted octanol–water partition coefficient (Wildman–Crippen LogP) is 3.75. The molecule has 0 N–H and O–H groups in total. The van der Waals surface area contributed by atoms with Crippen LogP contribution in [0.25, 0.3) is 11.4 Å². The Morgan fingerprint density at radius 1 is 1.44 bits per heavy atom. The van der Waals surface area contributed by atoms with E-state index >= 15 is 0 Å². The summed E-state index contributed by atoms with van der Waals surface area (Å²) < 4.78 is 8.58. The van der Waals surface area contributed by atoms with E-state index < -0.39 is 0 Å². The maximum atomic E-state index is 5.14. The van der Waals surface area contributed by atoms with Crippen LogP contribution in [0.5, 0.6) is 0 Å². The Bertz CT molecular complexity index is 510. The summed E-state index contributed by atoms with van der Waals surface area (Å²) in [5.74, 6) is 1.03. The van der Waals surface area contributed by atoms with Gasteiger partial charge in [-0.2, -0.15) is 0 Å². The van der Waals surface area contributed by atoms with Crippen LogP contribution < -0.4 is 0 Å². The molecule has 0 saturated heterocycles. The quantitative estimate of drug-likeness (QED) is 0.763. The zero-order valence-electron chi connectivity index (χ0n) is 10.6. The van der Waals surface area contributed by atoms with Gasteiger partial charge in [-0.05, 0) is 48.1 Å². The summed E-state index contributed by atoms with van der Waals surface area (Å²) in [6.07, 6.45) is 4.89. The van der Waals surface area contributed by atoms with Crippen molar-refractivity contribution in [3.8, 4) is 11.4 Å². The zero-order chi connectivity index (χ0) is 13.0. The van der Waals surface area contributed by atoms with Crippen molar-refractivity contribution in [2.75, 3.05) is 13.7 Å². The molecule has 0 aliphatic rings. The highest BCUT2D eigenvalue weighted by Crippen LogP contribution is 2.24. The van der Waals surface area contributed by atoms with Gasteiger partial charge in [0.15, 0.2) is 0 Å². The summed E-state index contributed by atoms with van der Waals surface area (Å²) in [5, 5.41) is 0. The minimum absolute atomic E-state index is 0.389.